The summed E-state index contributed by atoms with van der Waals surface area (Å²) < 4.78 is 0. The second-order valence-corrected chi connectivity index (χ2v) is 6.65. The summed E-state index contributed by atoms with van der Waals surface area (Å²) >= 11 is 11.8. The fraction of sp³-hybridized carbons (Fsp3) is 0.471. The second kappa shape index (κ2) is 9.04. The number of anilines is 1. The number of halogens is 2. The fourth-order valence-corrected chi connectivity index (χ4v) is 3.16. The first kappa shape index (κ1) is 18.7. The van der Waals surface area contributed by atoms with Gasteiger partial charge in [0.05, 0.1) is 10.7 Å². The molecule has 0 saturated heterocycles. The Kier molecular flexibility index (Phi) is 7.06. The van der Waals surface area contributed by atoms with E-state index in [4.69, 9.17) is 23.2 Å². The highest BCUT2D eigenvalue weighted by atomic mass is 35.5. The Morgan fingerprint density at radius 2 is 2.00 bits per heavy atom. The van der Waals surface area contributed by atoms with Gasteiger partial charge in [0.25, 0.3) is 0 Å². The average molecular weight is 370 g/mol. The van der Waals surface area contributed by atoms with Gasteiger partial charge in [0.1, 0.15) is 0 Å². The first-order chi connectivity index (χ1) is 11.5. The van der Waals surface area contributed by atoms with E-state index in [-0.39, 0.29) is 24.7 Å². The number of hydrogen-bond acceptors (Lipinski definition) is 3. The Morgan fingerprint density at radius 3 is 2.71 bits per heavy atom. The van der Waals surface area contributed by atoms with Crippen LogP contribution in [0.4, 0.5) is 5.69 Å². The predicted octanol–water partition coefficient (Wildman–Crippen LogP) is 4.39. The van der Waals surface area contributed by atoms with Gasteiger partial charge in [-0.15, -0.1) is 0 Å². The largest absolute Gasteiger partial charge is 0.325 e. The van der Waals surface area contributed by atoms with Crippen molar-refractivity contribution >= 4 is 46.4 Å². The maximum Gasteiger partial charge on any atom is 0.240 e. The van der Waals surface area contributed by atoms with Gasteiger partial charge < -0.3 is 5.32 Å². The standard InChI is InChI=1S/C17H21Cl2N3O2/c1-2-11-4-3-5-14(11)21-22-17(24)9-8-16(23)20-15-7-6-12(18)10-13(15)19/h6-7,10-11H,2-5,8-9H2,1H3,(H,20,23)(H,22,24). The Balaban J connectivity index is 1.77. The number of hydrazone groups is 1. The molecule has 1 aromatic carbocycles. The van der Waals surface area contributed by atoms with Crippen molar-refractivity contribution in [2.24, 2.45) is 11.0 Å². The molecule has 1 fully saturated rings. The van der Waals surface area contributed by atoms with E-state index >= 15 is 0 Å². The Morgan fingerprint density at radius 1 is 1.25 bits per heavy atom. The molecular formula is C17H21Cl2N3O2. The summed E-state index contributed by atoms with van der Waals surface area (Å²) in [6.07, 6.45) is 4.37. The second-order valence-electron chi connectivity index (χ2n) is 5.81. The highest BCUT2D eigenvalue weighted by Gasteiger charge is 2.21. The van der Waals surface area contributed by atoms with Gasteiger partial charge in [-0.3, -0.25) is 9.59 Å². The smallest absolute Gasteiger partial charge is 0.240 e. The topological polar surface area (TPSA) is 70.6 Å². The Bertz CT molecular complexity index is 647. The van der Waals surface area contributed by atoms with E-state index in [1.807, 2.05) is 0 Å². The lowest BCUT2D eigenvalue weighted by atomic mass is 10.0. The molecular weight excluding hydrogens is 349 g/mol. The average Bonchev–Trinajstić information content (AvgIpc) is 3.01. The zero-order chi connectivity index (χ0) is 17.5. The van der Waals surface area contributed by atoms with Gasteiger partial charge in [0.2, 0.25) is 11.8 Å². The van der Waals surface area contributed by atoms with Gasteiger partial charge in [0, 0.05) is 23.6 Å². The van der Waals surface area contributed by atoms with Crippen molar-refractivity contribution in [3.8, 4) is 0 Å². The lowest BCUT2D eigenvalue weighted by molar-refractivity contribution is -0.124. The van der Waals surface area contributed by atoms with E-state index in [0.29, 0.717) is 21.7 Å². The van der Waals surface area contributed by atoms with Crippen molar-refractivity contribution in [2.75, 3.05) is 5.32 Å². The lowest BCUT2D eigenvalue weighted by Gasteiger charge is -2.08. The molecule has 2 N–H and O–H groups in total. The third kappa shape index (κ3) is 5.49. The van der Waals surface area contributed by atoms with Gasteiger partial charge in [-0.05, 0) is 49.8 Å². The molecule has 0 aliphatic heterocycles. The van der Waals surface area contributed by atoms with Crippen molar-refractivity contribution in [1.29, 1.82) is 0 Å². The Hall–Kier alpha value is -1.59. The highest BCUT2D eigenvalue weighted by molar-refractivity contribution is 6.36. The van der Waals surface area contributed by atoms with E-state index in [2.05, 4.69) is 22.8 Å². The highest BCUT2D eigenvalue weighted by Crippen LogP contribution is 2.26. The van der Waals surface area contributed by atoms with Crippen molar-refractivity contribution in [2.45, 2.75) is 45.4 Å². The molecule has 0 bridgehead atoms. The quantitative estimate of drug-likeness (QED) is 0.729. The number of amides is 2. The third-order valence-corrected chi connectivity index (χ3v) is 4.61. The molecule has 5 nitrogen and oxygen atoms in total. The van der Waals surface area contributed by atoms with Crippen LogP contribution >= 0.6 is 23.2 Å². The number of rotatable bonds is 6. The van der Waals surface area contributed by atoms with E-state index in [9.17, 15) is 9.59 Å². The minimum atomic E-state index is -0.283. The number of hydrogen-bond donors (Lipinski definition) is 2. The number of nitrogens with zero attached hydrogens (tertiary/aromatic N) is 1. The van der Waals surface area contributed by atoms with E-state index in [0.717, 1.165) is 31.4 Å². The van der Waals surface area contributed by atoms with Crippen molar-refractivity contribution in [3.63, 3.8) is 0 Å². The molecule has 0 spiro atoms. The summed E-state index contributed by atoms with van der Waals surface area (Å²) in [6, 6.07) is 4.81. The molecule has 1 aromatic rings. The van der Waals surface area contributed by atoms with Crippen molar-refractivity contribution in [3.05, 3.63) is 28.2 Å². The van der Waals surface area contributed by atoms with Crippen LogP contribution in [-0.4, -0.2) is 17.5 Å². The molecule has 130 valence electrons. The van der Waals surface area contributed by atoms with Crippen LogP contribution in [0.5, 0.6) is 0 Å². The van der Waals surface area contributed by atoms with Gasteiger partial charge in [-0.25, -0.2) is 5.43 Å². The summed E-state index contributed by atoms with van der Waals surface area (Å²) in [5, 5.41) is 7.73. The van der Waals surface area contributed by atoms with Crippen LogP contribution < -0.4 is 10.7 Å². The molecule has 2 rings (SSSR count). The summed E-state index contributed by atoms with van der Waals surface area (Å²) in [4.78, 5) is 23.7. The molecule has 1 aliphatic rings. The molecule has 1 unspecified atom stereocenters. The Labute approximate surface area is 151 Å². The van der Waals surface area contributed by atoms with Crippen molar-refractivity contribution < 1.29 is 9.59 Å². The van der Waals surface area contributed by atoms with Crippen LogP contribution in [0.25, 0.3) is 0 Å². The fourth-order valence-electron chi connectivity index (χ4n) is 2.71. The molecule has 2 amide bonds. The van der Waals surface area contributed by atoms with E-state index in [1.54, 1.807) is 18.2 Å². The summed E-state index contributed by atoms with van der Waals surface area (Å²) in [5.74, 6) is -0.0726. The van der Waals surface area contributed by atoms with Crippen LogP contribution in [0.15, 0.2) is 23.3 Å². The maximum absolute atomic E-state index is 11.9. The molecule has 1 saturated carbocycles. The monoisotopic (exact) mass is 369 g/mol. The molecule has 0 radical (unpaired) electrons. The van der Waals surface area contributed by atoms with Crippen LogP contribution in [0.1, 0.15) is 45.4 Å². The molecule has 7 heteroatoms. The summed E-state index contributed by atoms with van der Waals surface area (Å²) in [6.45, 7) is 2.12. The molecule has 1 aliphatic carbocycles. The minimum Gasteiger partial charge on any atom is -0.325 e. The van der Waals surface area contributed by atoms with Gasteiger partial charge >= 0.3 is 0 Å². The summed E-state index contributed by atoms with van der Waals surface area (Å²) in [5.41, 5.74) is 4.09. The molecule has 1 atom stereocenters. The zero-order valence-corrected chi connectivity index (χ0v) is 15.1. The number of benzene rings is 1. The minimum absolute atomic E-state index is 0.0623. The summed E-state index contributed by atoms with van der Waals surface area (Å²) in [7, 11) is 0. The van der Waals surface area contributed by atoms with E-state index in [1.165, 1.54) is 0 Å². The van der Waals surface area contributed by atoms with Crippen LogP contribution in [0.2, 0.25) is 10.0 Å². The molecule has 0 heterocycles. The normalized spacial score (nSPS) is 18.6. The first-order valence-corrected chi connectivity index (χ1v) is 8.85. The van der Waals surface area contributed by atoms with Gasteiger partial charge in [0.15, 0.2) is 0 Å². The van der Waals surface area contributed by atoms with Crippen molar-refractivity contribution in [1.82, 2.24) is 5.43 Å². The first-order valence-electron chi connectivity index (χ1n) is 8.09. The van der Waals surface area contributed by atoms with Crippen LogP contribution in [-0.2, 0) is 9.59 Å². The lowest BCUT2D eigenvalue weighted by Crippen LogP contribution is -2.22. The zero-order valence-electron chi connectivity index (χ0n) is 13.6. The van der Waals surface area contributed by atoms with Gasteiger partial charge in [-0.2, -0.15) is 5.10 Å². The maximum atomic E-state index is 11.9. The van der Waals surface area contributed by atoms with Crippen LogP contribution in [0.3, 0.4) is 0 Å². The number of nitrogens with one attached hydrogen (secondary N) is 2. The third-order valence-electron chi connectivity index (χ3n) is 4.06. The van der Waals surface area contributed by atoms with E-state index < -0.39 is 0 Å². The van der Waals surface area contributed by atoms with Crippen LogP contribution in [0, 0.1) is 5.92 Å². The van der Waals surface area contributed by atoms with Gasteiger partial charge in [-0.1, -0.05) is 30.1 Å². The SMILES string of the molecule is CCC1CCCC1=NNC(=O)CCC(=O)Nc1ccc(Cl)cc1Cl. The number of carbonyl (C=O) groups excluding carboxylic acids is 2. The number of carbonyl (C=O) groups is 2. The predicted molar refractivity (Wildman–Crippen MR) is 97.5 cm³/mol. The molecule has 24 heavy (non-hydrogen) atoms. The molecule has 0 aromatic heterocycles.